The Hall–Kier alpha value is -2.41. The van der Waals surface area contributed by atoms with Crippen molar-refractivity contribution in [2.45, 2.75) is 19.3 Å². The van der Waals surface area contributed by atoms with Crippen LogP contribution in [0, 0.1) is 5.41 Å². The third-order valence-corrected chi connectivity index (χ3v) is 4.99. The van der Waals surface area contributed by atoms with Crippen LogP contribution in [0.4, 0.5) is 5.69 Å². The Kier molecular flexibility index (Phi) is 4.76. The smallest absolute Gasteiger partial charge is 0.313 e. The normalized spacial score (nSPS) is 23.3. The molecule has 1 atom stereocenters. The van der Waals surface area contributed by atoms with E-state index >= 15 is 0 Å². The Morgan fingerprint density at radius 2 is 2.12 bits per heavy atom. The topological polar surface area (TPSA) is 87.2 Å². The first-order valence-corrected chi connectivity index (χ1v) is 8.39. The van der Waals surface area contributed by atoms with E-state index in [-0.39, 0.29) is 25.0 Å². The molecule has 2 amide bonds. The van der Waals surface area contributed by atoms with Crippen molar-refractivity contribution in [1.82, 2.24) is 4.90 Å². The number of rotatable bonds is 5. The molecular weight excluding hydrogens is 324 g/mol. The Bertz CT molecular complexity index is 704. The second-order valence-electron chi connectivity index (χ2n) is 6.69. The molecule has 0 bridgehead atoms. The van der Waals surface area contributed by atoms with E-state index < -0.39 is 11.4 Å². The van der Waals surface area contributed by atoms with Crippen LogP contribution in [-0.2, 0) is 14.3 Å². The molecule has 134 valence electrons. The lowest BCUT2D eigenvalue weighted by Crippen LogP contribution is -2.40. The molecule has 1 aromatic carbocycles. The zero-order valence-electron chi connectivity index (χ0n) is 14.2. The predicted molar refractivity (Wildman–Crippen MR) is 90.5 cm³/mol. The molecule has 0 saturated carbocycles. The van der Waals surface area contributed by atoms with Gasteiger partial charge in [-0.05, 0) is 31.0 Å². The second kappa shape index (κ2) is 6.84. The summed E-state index contributed by atoms with van der Waals surface area (Å²) < 4.78 is 5.06. The van der Waals surface area contributed by atoms with Gasteiger partial charge in [0, 0.05) is 44.4 Å². The molecule has 7 heteroatoms. The van der Waals surface area contributed by atoms with Crippen molar-refractivity contribution in [2.24, 2.45) is 5.41 Å². The van der Waals surface area contributed by atoms with Crippen molar-refractivity contribution < 1.29 is 24.2 Å². The van der Waals surface area contributed by atoms with Gasteiger partial charge in [-0.15, -0.1) is 0 Å². The number of anilines is 1. The Labute approximate surface area is 146 Å². The highest BCUT2D eigenvalue weighted by atomic mass is 16.5. The largest absolute Gasteiger partial charge is 0.481 e. The third-order valence-electron chi connectivity index (χ3n) is 4.99. The first-order valence-electron chi connectivity index (χ1n) is 8.39. The Balaban J connectivity index is 1.78. The van der Waals surface area contributed by atoms with Gasteiger partial charge in [-0.25, -0.2) is 0 Å². The minimum Gasteiger partial charge on any atom is -0.481 e. The molecule has 2 aliphatic rings. The van der Waals surface area contributed by atoms with E-state index in [1.807, 2.05) is 6.07 Å². The second-order valence-corrected chi connectivity index (χ2v) is 6.69. The Morgan fingerprint density at radius 1 is 1.32 bits per heavy atom. The Morgan fingerprint density at radius 3 is 2.76 bits per heavy atom. The van der Waals surface area contributed by atoms with Crippen molar-refractivity contribution in [1.29, 1.82) is 0 Å². The van der Waals surface area contributed by atoms with Crippen molar-refractivity contribution in [2.75, 3.05) is 38.3 Å². The molecule has 2 saturated heterocycles. The molecule has 0 radical (unpaired) electrons. The summed E-state index contributed by atoms with van der Waals surface area (Å²) in [5.74, 6) is -1.09. The number of amides is 2. The minimum atomic E-state index is -1.05. The van der Waals surface area contributed by atoms with Gasteiger partial charge < -0.3 is 19.6 Å². The summed E-state index contributed by atoms with van der Waals surface area (Å²) in [6, 6.07) is 6.98. The van der Waals surface area contributed by atoms with Crippen LogP contribution in [0.15, 0.2) is 24.3 Å². The van der Waals surface area contributed by atoms with Crippen molar-refractivity contribution in [3.63, 3.8) is 0 Å². The van der Waals surface area contributed by atoms with Gasteiger partial charge >= 0.3 is 5.97 Å². The monoisotopic (exact) mass is 346 g/mol. The molecular formula is C18H22N2O5. The highest BCUT2D eigenvalue weighted by Crippen LogP contribution is 2.32. The SMILES string of the molecule is COCC1(C(=O)O)CCN(C(=O)c2cccc(N3CCCC3=O)c2)C1. The molecule has 3 rings (SSSR count). The number of methoxy groups -OCH3 is 1. The highest BCUT2D eigenvalue weighted by molar-refractivity contribution is 5.99. The van der Waals surface area contributed by atoms with Crippen LogP contribution in [0.1, 0.15) is 29.6 Å². The number of nitrogens with zero attached hydrogens (tertiary/aromatic N) is 2. The first kappa shape index (κ1) is 17.4. The molecule has 0 spiro atoms. The number of carbonyl (C=O) groups is 3. The summed E-state index contributed by atoms with van der Waals surface area (Å²) in [6.45, 7) is 1.24. The number of aliphatic carboxylic acids is 1. The zero-order valence-corrected chi connectivity index (χ0v) is 14.2. The molecule has 25 heavy (non-hydrogen) atoms. The third kappa shape index (κ3) is 3.24. The fourth-order valence-electron chi connectivity index (χ4n) is 3.59. The van der Waals surface area contributed by atoms with Crippen molar-refractivity contribution in [3.8, 4) is 0 Å². The number of carboxylic acid groups (broad SMARTS) is 1. The maximum absolute atomic E-state index is 12.8. The maximum Gasteiger partial charge on any atom is 0.313 e. The van der Waals surface area contributed by atoms with Crippen LogP contribution in [0.3, 0.4) is 0 Å². The van der Waals surface area contributed by atoms with E-state index in [9.17, 15) is 19.5 Å². The molecule has 0 aromatic heterocycles. The number of benzene rings is 1. The van der Waals surface area contributed by atoms with Gasteiger partial charge in [-0.3, -0.25) is 14.4 Å². The molecule has 1 aromatic rings. The van der Waals surface area contributed by atoms with Crippen LogP contribution in [0.5, 0.6) is 0 Å². The van der Waals surface area contributed by atoms with Crippen molar-refractivity contribution >= 4 is 23.5 Å². The zero-order chi connectivity index (χ0) is 18.0. The fraction of sp³-hybridized carbons (Fsp3) is 0.500. The van der Waals surface area contributed by atoms with Gasteiger partial charge in [0.05, 0.1) is 6.61 Å². The summed E-state index contributed by atoms with van der Waals surface area (Å²) in [5.41, 5.74) is 0.136. The number of likely N-dealkylation sites (tertiary alicyclic amines) is 1. The van der Waals surface area contributed by atoms with Crippen LogP contribution in [-0.4, -0.2) is 61.1 Å². The lowest BCUT2D eigenvalue weighted by Gasteiger charge is -2.24. The molecule has 1 N–H and O–H groups in total. The standard InChI is InChI=1S/C18H22N2O5/c1-25-12-18(17(23)24)7-9-19(11-18)16(22)13-4-2-5-14(10-13)20-8-3-6-15(20)21/h2,4-5,10H,3,6-9,11-12H2,1H3,(H,23,24). The van der Waals surface area contributed by atoms with E-state index in [2.05, 4.69) is 0 Å². The number of carboxylic acids is 1. The van der Waals surface area contributed by atoms with E-state index in [0.29, 0.717) is 37.2 Å². The van der Waals surface area contributed by atoms with Gasteiger partial charge in [-0.1, -0.05) is 6.07 Å². The summed E-state index contributed by atoms with van der Waals surface area (Å²) in [5, 5.41) is 9.52. The summed E-state index contributed by atoms with van der Waals surface area (Å²) >= 11 is 0. The molecule has 2 aliphatic heterocycles. The summed E-state index contributed by atoms with van der Waals surface area (Å²) in [6.07, 6.45) is 1.72. The lowest BCUT2D eigenvalue weighted by molar-refractivity contribution is -0.151. The van der Waals surface area contributed by atoms with Gasteiger partial charge in [0.1, 0.15) is 5.41 Å². The van der Waals surface area contributed by atoms with Crippen LogP contribution in [0.2, 0.25) is 0 Å². The van der Waals surface area contributed by atoms with Gasteiger partial charge in [0.15, 0.2) is 0 Å². The molecule has 2 fully saturated rings. The quantitative estimate of drug-likeness (QED) is 0.870. The summed E-state index contributed by atoms with van der Waals surface area (Å²) in [7, 11) is 1.46. The number of hydrogen-bond donors (Lipinski definition) is 1. The molecule has 7 nitrogen and oxygen atoms in total. The average Bonchev–Trinajstić information content (AvgIpc) is 3.22. The van der Waals surface area contributed by atoms with E-state index in [4.69, 9.17) is 4.74 Å². The molecule has 2 heterocycles. The van der Waals surface area contributed by atoms with Gasteiger partial charge in [0.2, 0.25) is 5.91 Å². The van der Waals surface area contributed by atoms with Crippen LogP contribution < -0.4 is 4.90 Å². The van der Waals surface area contributed by atoms with E-state index in [1.165, 1.54) is 7.11 Å². The lowest BCUT2D eigenvalue weighted by atomic mass is 9.88. The average molecular weight is 346 g/mol. The molecule has 1 unspecified atom stereocenters. The van der Waals surface area contributed by atoms with Crippen LogP contribution >= 0.6 is 0 Å². The van der Waals surface area contributed by atoms with Crippen LogP contribution in [0.25, 0.3) is 0 Å². The first-order chi connectivity index (χ1) is 12.0. The van der Waals surface area contributed by atoms with E-state index in [0.717, 1.165) is 6.42 Å². The van der Waals surface area contributed by atoms with Gasteiger partial charge in [0.25, 0.3) is 5.91 Å². The van der Waals surface area contributed by atoms with E-state index in [1.54, 1.807) is 28.0 Å². The predicted octanol–water partition coefficient (Wildman–Crippen LogP) is 1.38. The van der Waals surface area contributed by atoms with Gasteiger partial charge in [-0.2, -0.15) is 0 Å². The summed E-state index contributed by atoms with van der Waals surface area (Å²) in [4.78, 5) is 39.6. The molecule has 0 aliphatic carbocycles. The number of ether oxygens (including phenoxy) is 1. The maximum atomic E-state index is 12.8. The number of hydrogen-bond acceptors (Lipinski definition) is 4. The fourth-order valence-corrected chi connectivity index (χ4v) is 3.59. The highest BCUT2D eigenvalue weighted by Gasteiger charge is 2.46. The number of carbonyl (C=O) groups excluding carboxylic acids is 2. The minimum absolute atomic E-state index is 0.0655. The van der Waals surface area contributed by atoms with Crippen molar-refractivity contribution in [3.05, 3.63) is 29.8 Å².